The van der Waals surface area contributed by atoms with Crippen LogP contribution in [0.2, 0.25) is 0 Å². The van der Waals surface area contributed by atoms with Gasteiger partial charge in [0.15, 0.2) is 0 Å². The number of rotatable bonds is 4. The van der Waals surface area contributed by atoms with Crippen molar-refractivity contribution in [3.8, 4) is 0 Å². The van der Waals surface area contributed by atoms with E-state index >= 15 is 0 Å². The molecule has 2 heteroatoms. The second-order valence-corrected chi connectivity index (χ2v) is 5.92. The minimum Gasteiger partial charge on any atom is -0.469 e. The van der Waals surface area contributed by atoms with Crippen molar-refractivity contribution in [2.45, 2.75) is 64.7 Å². The predicted octanol–water partition coefficient (Wildman–Crippen LogP) is 4.32. The van der Waals surface area contributed by atoms with Gasteiger partial charge in [0.1, 0.15) is 0 Å². The third-order valence-corrected chi connectivity index (χ3v) is 4.59. The van der Waals surface area contributed by atoms with Crippen LogP contribution in [0.4, 0.5) is 0 Å². The number of ether oxygens (including phenoxy) is 1. The van der Waals surface area contributed by atoms with Crippen LogP contribution in [0.1, 0.15) is 67.2 Å². The molecule has 2 rings (SSSR count). The van der Waals surface area contributed by atoms with Gasteiger partial charge in [-0.2, -0.15) is 0 Å². The number of methoxy groups -OCH3 is 1. The van der Waals surface area contributed by atoms with Crippen molar-refractivity contribution in [3.63, 3.8) is 0 Å². The molecular formula is C18H26O2. The lowest BCUT2D eigenvalue weighted by atomic mass is 9.80. The minimum atomic E-state index is -0.134. The zero-order chi connectivity index (χ0) is 14.5. The normalized spacial score (nSPS) is 16.1. The average molecular weight is 274 g/mol. The topological polar surface area (TPSA) is 26.3 Å². The van der Waals surface area contributed by atoms with Crippen molar-refractivity contribution >= 4 is 5.97 Å². The molecule has 1 fully saturated rings. The number of aryl methyl sites for hydroxylation is 2. The second-order valence-electron chi connectivity index (χ2n) is 5.92. The standard InChI is InChI=1S/C18H26O2/c1-4-14-11-17(15-8-6-5-7-9-15)16(10-13(14)2)12-18(19)20-3/h10-11,15H,4-9,12H2,1-3H3. The maximum Gasteiger partial charge on any atom is 0.309 e. The summed E-state index contributed by atoms with van der Waals surface area (Å²) in [5, 5.41) is 0. The number of esters is 1. The van der Waals surface area contributed by atoms with Gasteiger partial charge in [-0.3, -0.25) is 4.79 Å². The van der Waals surface area contributed by atoms with E-state index in [0.29, 0.717) is 12.3 Å². The van der Waals surface area contributed by atoms with Crippen molar-refractivity contribution < 1.29 is 9.53 Å². The van der Waals surface area contributed by atoms with E-state index in [2.05, 4.69) is 26.0 Å². The van der Waals surface area contributed by atoms with E-state index in [1.54, 1.807) is 0 Å². The van der Waals surface area contributed by atoms with E-state index in [-0.39, 0.29) is 5.97 Å². The molecular weight excluding hydrogens is 248 g/mol. The summed E-state index contributed by atoms with van der Waals surface area (Å²) in [5.74, 6) is 0.500. The minimum absolute atomic E-state index is 0.134. The Morgan fingerprint density at radius 1 is 1.20 bits per heavy atom. The number of carbonyl (C=O) groups excluding carboxylic acids is 1. The highest BCUT2D eigenvalue weighted by Gasteiger charge is 2.20. The Bertz CT molecular complexity index is 471. The molecule has 0 radical (unpaired) electrons. The smallest absolute Gasteiger partial charge is 0.309 e. The van der Waals surface area contributed by atoms with Gasteiger partial charge >= 0.3 is 5.97 Å². The average Bonchev–Trinajstić information content (AvgIpc) is 2.48. The van der Waals surface area contributed by atoms with Crippen LogP contribution < -0.4 is 0 Å². The zero-order valence-electron chi connectivity index (χ0n) is 13.0. The molecule has 1 aliphatic carbocycles. The lowest BCUT2D eigenvalue weighted by Gasteiger charge is -2.25. The van der Waals surface area contributed by atoms with Crippen LogP contribution in [0.25, 0.3) is 0 Å². The van der Waals surface area contributed by atoms with Crippen molar-refractivity contribution in [1.29, 1.82) is 0 Å². The molecule has 1 aromatic carbocycles. The molecule has 110 valence electrons. The Morgan fingerprint density at radius 2 is 1.90 bits per heavy atom. The van der Waals surface area contributed by atoms with Crippen molar-refractivity contribution in [2.24, 2.45) is 0 Å². The molecule has 0 spiro atoms. The van der Waals surface area contributed by atoms with E-state index in [1.807, 2.05) is 0 Å². The maximum atomic E-state index is 11.7. The monoisotopic (exact) mass is 274 g/mol. The van der Waals surface area contributed by atoms with E-state index in [4.69, 9.17) is 4.74 Å². The third-order valence-electron chi connectivity index (χ3n) is 4.59. The molecule has 0 heterocycles. The molecule has 0 amide bonds. The van der Waals surface area contributed by atoms with Gasteiger partial charge in [0.05, 0.1) is 13.5 Å². The maximum absolute atomic E-state index is 11.7. The van der Waals surface area contributed by atoms with Crippen LogP contribution in [0.5, 0.6) is 0 Å². The van der Waals surface area contributed by atoms with Crippen LogP contribution in [0.3, 0.4) is 0 Å². The van der Waals surface area contributed by atoms with Gasteiger partial charge in [-0.05, 0) is 54.4 Å². The summed E-state index contributed by atoms with van der Waals surface area (Å²) in [6.45, 7) is 4.34. The first-order valence-electron chi connectivity index (χ1n) is 7.84. The molecule has 0 unspecified atom stereocenters. The zero-order valence-corrected chi connectivity index (χ0v) is 13.0. The van der Waals surface area contributed by atoms with E-state index in [1.165, 1.54) is 61.5 Å². The fraction of sp³-hybridized carbons (Fsp3) is 0.611. The number of benzene rings is 1. The lowest BCUT2D eigenvalue weighted by Crippen LogP contribution is -2.12. The van der Waals surface area contributed by atoms with Gasteiger partial charge in [0, 0.05) is 0 Å². The molecule has 0 N–H and O–H groups in total. The van der Waals surface area contributed by atoms with Crippen molar-refractivity contribution in [1.82, 2.24) is 0 Å². The van der Waals surface area contributed by atoms with E-state index in [0.717, 1.165) is 6.42 Å². The van der Waals surface area contributed by atoms with Crippen LogP contribution in [-0.4, -0.2) is 13.1 Å². The second kappa shape index (κ2) is 6.92. The van der Waals surface area contributed by atoms with Crippen LogP contribution >= 0.6 is 0 Å². The Kier molecular flexibility index (Phi) is 5.22. The largest absolute Gasteiger partial charge is 0.469 e. The van der Waals surface area contributed by atoms with Crippen LogP contribution in [-0.2, 0) is 22.4 Å². The van der Waals surface area contributed by atoms with Crippen LogP contribution in [0, 0.1) is 6.92 Å². The van der Waals surface area contributed by atoms with E-state index < -0.39 is 0 Å². The van der Waals surface area contributed by atoms with Crippen molar-refractivity contribution in [2.75, 3.05) is 7.11 Å². The Balaban J connectivity index is 2.36. The lowest BCUT2D eigenvalue weighted by molar-refractivity contribution is -0.139. The Labute approximate surface area is 122 Å². The summed E-state index contributed by atoms with van der Waals surface area (Å²) >= 11 is 0. The molecule has 1 saturated carbocycles. The van der Waals surface area contributed by atoms with Gasteiger partial charge in [-0.25, -0.2) is 0 Å². The molecule has 0 saturated heterocycles. The first-order chi connectivity index (χ1) is 9.65. The summed E-state index contributed by atoms with van der Waals surface area (Å²) in [6.07, 6.45) is 7.99. The molecule has 0 aliphatic heterocycles. The van der Waals surface area contributed by atoms with Gasteiger partial charge in [0.25, 0.3) is 0 Å². The van der Waals surface area contributed by atoms with Gasteiger partial charge in [0.2, 0.25) is 0 Å². The van der Waals surface area contributed by atoms with Gasteiger partial charge < -0.3 is 4.74 Å². The Hall–Kier alpha value is -1.31. The quantitative estimate of drug-likeness (QED) is 0.764. The van der Waals surface area contributed by atoms with Gasteiger partial charge in [-0.1, -0.05) is 38.3 Å². The third kappa shape index (κ3) is 3.41. The highest BCUT2D eigenvalue weighted by molar-refractivity contribution is 5.73. The SMILES string of the molecule is CCc1cc(C2CCCCC2)c(CC(=O)OC)cc1C. The fourth-order valence-electron chi connectivity index (χ4n) is 3.39. The summed E-state index contributed by atoms with van der Waals surface area (Å²) < 4.78 is 4.85. The highest BCUT2D eigenvalue weighted by atomic mass is 16.5. The number of hydrogen-bond acceptors (Lipinski definition) is 2. The van der Waals surface area contributed by atoms with E-state index in [9.17, 15) is 4.79 Å². The molecule has 0 aromatic heterocycles. The first-order valence-corrected chi connectivity index (χ1v) is 7.84. The predicted molar refractivity (Wildman–Crippen MR) is 82.1 cm³/mol. The first kappa shape index (κ1) is 15.1. The fourth-order valence-corrected chi connectivity index (χ4v) is 3.39. The summed E-state index contributed by atoms with van der Waals surface area (Å²) in [7, 11) is 1.47. The summed E-state index contributed by atoms with van der Waals surface area (Å²) in [5.41, 5.74) is 5.29. The molecule has 0 bridgehead atoms. The van der Waals surface area contributed by atoms with Gasteiger partial charge in [-0.15, -0.1) is 0 Å². The van der Waals surface area contributed by atoms with Crippen LogP contribution in [0.15, 0.2) is 12.1 Å². The molecule has 1 aromatic rings. The Morgan fingerprint density at radius 3 is 2.50 bits per heavy atom. The summed E-state index contributed by atoms with van der Waals surface area (Å²) in [6, 6.07) is 4.56. The molecule has 0 atom stereocenters. The number of carbonyl (C=O) groups is 1. The molecule has 1 aliphatic rings. The molecule has 2 nitrogen and oxygen atoms in total. The molecule has 20 heavy (non-hydrogen) atoms. The van der Waals surface area contributed by atoms with Crippen molar-refractivity contribution in [3.05, 3.63) is 34.4 Å². The number of hydrogen-bond donors (Lipinski definition) is 0. The highest BCUT2D eigenvalue weighted by Crippen LogP contribution is 2.36. The summed E-state index contributed by atoms with van der Waals surface area (Å²) in [4.78, 5) is 11.7.